The van der Waals surface area contributed by atoms with Gasteiger partial charge in [-0.05, 0) is 24.6 Å². The topological polar surface area (TPSA) is 67.4 Å². The van der Waals surface area contributed by atoms with Crippen LogP contribution in [-0.4, -0.2) is 32.1 Å². The fourth-order valence-electron chi connectivity index (χ4n) is 1.33. The van der Waals surface area contributed by atoms with Crippen LogP contribution in [0.25, 0.3) is 0 Å². The van der Waals surface area contributed by atoms with Gasteiger partial charge in [0.2, 0.25) is 5.91 Å². The van der Waals surface area contributed by atoms with Gasteiger partial charge in [-0.3, -0.25) is 9.59 Å². The highest BCUT2D eigenvalue weighted by Gasteiger charge is 2.11. The summed E-state index contributed by atoms with van der Waals surface area (Å²) in [6.07, 6.45) is -0.158. The Morgan fingerprint density at radius 1 is 1.28 bits per heavy atom. The molecule has 0 aliphatic carbocycles. The van der Waals surface area contributed by atoms with Gasteiger partial charge in [-0.2, -0.15) is 0 Å². The summed E-state index contributed by atoms with van der Waals surface area (Å²) in [5.41, 5.74) is 1.58. The van der Waals surface area contributed by atoms with Crippen molar-refractivity contribution in [1.82, 2.24) is 5.32 Å². The Morgan fingerprint density at radius 3 is 2.39 bits per heavy atom. The van der Waals surface area contributed by atoms with Crippen LogP contribution in [0.1, 0.15) is 12.5 Å². The van der Waals surface area contributed by atoms with E-state index in [1.807, 2.05) is 12.1 Å². The van der Waals surface area contributed by atoms with E-state index in [1.165, 1.54) is 7.11 Å². The molecule has 0 radical (unpaired) electrons. The zero-order valence-electron chi connectivity index (χ0n) is 10.8. The van der Waals surface area contributed by atoms with Crippen molar-refractivity contribution in [2.24, 2.45) is 0 Å². The molecule has 0 aliphatic rings. The molecule has 2 amide bonds. The summed E-state index contributed by atoms with van der Waals surface area (Å²) in [7, 11) is 3.08. The summed E-state index contributed by atoms with van der Waals surface area (Å²) >= 11 is 0. The van der Waals surface area contributed by atoms with E-state index in [1.54, 1.807) is 26.1 Å². The van der Waals surface area contributed by atoms with Crippen molar-refractivity contribution in [1.29, 1.82) is 0 Å². The zero-order chi connectivity index (χ0) is 13.5. The van der Waals surface area contributed by atoms with Crippen LogP contribution in [0.5, 0.6) is 0 Å². The molecule has 1 unspecified atom stereocenters. The largest absolute Gasteiger partial charge is 0.372 e. The molecular weight excluding hydrogens is 232 g/mol. The fraction of sp³-hybridized carbons (Fsp3) is 0.385. The summed E-state index contributed by atoms with van der Waals surface area (Å²) < 4.78 is 4.91. The molecule has 0 aliphatic heterocycles. The van der Waals surface area contributed by atoms with Crippen LogP contribution in [0.4, 0.5) is 5.69 Å². The van der Waals surface area contributed by atoms with Gasteiger partial charge in [0.1, 0.15) is 6.10 Å². The Bertz CT molecular complexity index is 415. The average molecular weight is 250 g/mol. The van der Waals surface area contributed by atoms with E-state index in [4.69, 9.17) is 4.74 Å². The van der Waals surface area contributed by atoms with Gasteiger partial charge in [0.25, 0.3) is 5.91 Å². The molecule has 1 aromatic carbocycles. The van der Waals surface area contributed by atoms with Gasteiger partial charge in [-0.1, -0.05) is 12.1 Å². The predicted molar refractivity (Wildman–Crippen MR) is 69.3 cm³/mol. The van der Waals surface area contributed by atoms with Crippen molar-refractivity contribution in [2.45, 2.75) is 19.4 Å². The van der Waals surface area contributed by atoms with Crippen LogP contribution < -0.4 is 10.6 Å². The standard InChI is InChI=1S/C13H18N2O3/c1-9(18-3)13(17)15-11-6-4-10(5-7-11)8-12(16)14-2/h4-7,9H,8H2,1-3H3,(H,14,16)(H,15,17). The molecule has 2 N–H and O–H groups in total. The quantitative estimate of drug-likeness (QED) is 0.817. The summed E-state index contributed by atoms with van der Waals surface area (Å²) in [6, 6.07) is 7.14. The summed E-state index contributed by atoms with van der Waals surface area (Å²) in [6.45, 7) is 1.68. The lowest BCUT2D eigenvalue weighted by Crippen LogP contribution is -2.26. The first kappa shape index (κ1) is 14.2. The number of hydrogen-bond acceptors (Lipinski definition) is 3. The van der Waals surface area contributed by atoms with Gasteiger partial charge in [-0.15, -0.1) is 0 Å². The number of benzene rings is 1. The second-order valence-corrected chi connectivity index (χ2v) is 3.91. The number of anilines is 1. The molecule has 1 aromatic rings. The van der Waals surface area contributed by atoms with E-state index in [9.17, 15) is 9.59 Å². The number of rotatable bonds is 5. The number of hydrogen-bond donors (Lipinski definition) is 2. The average Bonchev–Trinajstić information content (AvgIpc) is 2.39. The molecule has 0 saturated carbocycles. The number of methoxy groups -OCH3 is 1. The molecule has 0 saturated heterocycles. The lowest BCUT2D eigenvalue weighted by atomic mass is 10.1. The minimum absolute atomic E-state index is 0.0419. The van der Waals surface area contributed by atoms with Crippen LogP contribution >= 0.6 is 0 Å². The molecule has 5 heteroatoms. The third-order valence-corrected chi connectivity index (χ3v) is 2.59. The first-order valence-electron chi connectivity index (χ1n) is 5.70. The van der Waals surface area contributed by atoms with Crippen molar-refractivity contribution in [3.05, 3.63) is 29.8 Å². The van der Waals surface area contributed by atoms with Gasteiger partial charge >= 0.3 is 0 Å². The normalized spacial score (nSPS) is 11.7. The van der Waals surface area contributed by atoms with Crippen LogP contribution in [0.15, 0.2) is 24.3 Å². The highest BCUT2D eigenvalue weighted by atomic mass is 16.5. The van der Waals surface area contributed by atoms with E-state index in [0.29, 0.717) is 12.1 Å². The third kappa shape index (κ3) is 4.18. The molecule has 98 valence electrons. The number of ether oxygens (including phenoxy) is 1. The van der Waals surface area contributed by atoms with Crippen LogP contribution in [0, 0.1) is 0 Å². The van der Waals surface area contributed by atoms with E-state index in [0.717, 1.165) is 5.56 Å². The van der Waals surface area contributed by atoms with Crippen molar-refractivity contribution in [2.75, 3.05) is 19.5 Å². The highest BCUT2D eigenvalue weighted by Crippen LogP contribution is 2.10. The molecule has 0 aromatic heterocycles. The van der Waals surface area contributed by atoms with Crippen LogP contribution in [0.3, 0.4) is 0 Å². The minimum Gasteiger partial charge on any atom is -0.372 e. The van der Waals surface area contributed by atoms with E-state index in [-0.39, 0.29) is 11.8 Å². The van der Waals surface area contributed by atoms with Crippen molar-refractivity contribution in [3.8, 4) is 0 Å². The monoisotopic (exact) mass is 250 g/mol. The Labute approximate surface area is 107 Å². The molecular formula is C13H18N2O3. The Morgan fingerprint density at radius 2 is 1.89 bits per heavy atom. The van der Waals surface area contributed by atoms with Crippen LogP contribution in [0.2, 0.25) is 0 Å². The summed E-state index contributed by atoms with van der Waals surface area (Å²) in [5, 5.41) is 5.28. The maximum atomic E-state index is 11.6. The second kappa shape index (κ2) is 6.76. The van der Waals surface area contributed by atoms with Gasteiger partial charge in [0, 0.05) is 19.8 Å². The second-order valence-electron chi connectivity index (χ2n) is 3.91. The van der Waals surface area contributed by atoms with E-state index in [2.05, 4.69) is 10.6 Å². The lowest BCUT2D eigenvalue weighted by Gasteiger charge is -2.10. The first-order chi connectivity index (χ1) is 8.56. The Kier molecular flexibility index (Phi) is 5.32. The Hall–Kier alpha value is -1.88. The molecule has 18 heavy (non-hydrogen) atoms. The predicted octanol–water partition coefficient (Wildman–Crippen LogP) is 0.948. The SMILES string of the molecule is CNC(=O)Cc1ccc(NC(=O)C(C)OC)cc1. The molecule has 1 atom stereocenters. The molecule has 0 bridgehead atoms. The van der Waals surface area contributed by atoms with Crippen LogP contribution in [-0.2, 0) is 20.7 Å². The number of likely N-dealkylation sites (N-methyl/N-ethyl adjacent to an activating group) is 1. The minimum atomic E-state index is -0.490. The molecule has 0 spiro atoms. The van der Waals surface area contributed by atoms with E-state index >= 15 is 0 Å². The van der Waals surface area contributed by atoms with Gasteiger partial charge in [0.15, 0.2) is 0 Å². The van der Waals surface area contributed by atoms with E-state index < -0.39 is 6.10 Å². The number of nitrogens with one attached hydrogen (secondary N) is 2. The fourth-order valence-corrected chi connectivity index (χ4v) is 1.33. The molecule has 0 heterocycles. The Balaban J connectivity index is 2.60. The molecule has 5 nitrogen and oxygen atoms in total. The maximum Gasteiger partial charge on any atom is 0.253 e. The van der Waals surface area contributed by atoms with Gasteiger partial charge in [0.05, 0.1) is 6.42 Å². The highest BCUT2D eigenvalue weighted by molar-refractivity contribution is 5.93. The number of carbonyl (C=O) groups is 2. The summed E-state index contributed by atoms with van der Waals surface area (Å²) in [5.74, 6) is -0.239. The molecule has 1 rings (SSSR count). The smallest absolute Gasteiger partial charge is 0.253 e. The third-order valence-electron chi connectivity index (χ3n) is 2.59. The summed E-state index contributed by atoms with van der Waals surface area (Å²) in [4.78, 5) is 22.7. The van der Waals surface area contributed by atoms with Crippen molar-refractivity contribution in [3.63, 3.8) is 0 Å². The van der Waals surface area contributed by atoms with Gasteiger partial charge < -0.3 is 15.4 Å². The zero-order valence-corrected chi connectivity index (χ0v) is 10.8. The maximum absolute atomic E-state index is 11.6. The van der Waals surface area contributed by atoms with Gasteiger partial charge in [-0.25, -0.2) is 0 Å². The lowest BCUT2D eigenvalue weighted by molar-refractivity contribution is -0.124. The van der Waals surface area contributed by atoms with Crippen molar-refractivity contribution >= 4 is 17.5 Å². The number of amides is 2. The number of carbonyl (C=O) groups excluding carboxylic acids is 2. The van der Waals surface area contributed by atoms with Crippen molar-refractivity contribution < 1.29 is 14.3 Å². The first-order valence-corrected chi connectivity index (χ1v) is 5.70. The molecule has 0 fully saturated rings.